The average Bonchev–Trinajstić information content (AvgIpc) is 2.68. The predicted octanol–water partition coefficient (Wildman–Crippen LogP) is 6.38. The number of carbonyl (C=O) groups is 1. The number of rotatable bonds is 6. The van der Waals surface area contributed by atoms with Crippen molar-refractivity contribution < 1.29 is 9.53 Å². The third-order valence-electron chi connectivity index (χ3n) is 5.94. The maximum atomic E-state index is 13.4. The summed E-state index contributed by atoms with van der Waals surface area (Å²) in [6.07, 6.45) is 4.99. The van der Waals surface area contributed by atoms with Crippen molar-refractivity contribution in [1.82, 2.24) is 4.90 Å². The molecule has 0 spiro atoms. The van der Waals surface area contributed by atoms with E-state index < -0.39 is 6.10 Å². The maximum Gasteiger partial charge on any atom is 0.252 e. The zero-order chi connectivity index (χ0) is 20.4. The van der Waals surface area contributed by atoms with Gasteiger partial charge in [0.15, 0.2) is 0 Å². The first-order chi connectivity index (χ1) is 14.1. The van der Waals surface area contributed by atoms with E-state index in [1.54, 1.807) is 6.08 Å². The van der Waals surface area contributed by atoms with Crippen LogP contribution in [0.5, 0.6) is 0 Å². The second kappa shape index (κ2) is 8.91. The summed E-state index contributed by atoms with van der Waals surface area (Å²) < 4.78 is 6.39. The number of benzene rings is 2. The number of nitrogens with zero attached hydrogens (tertiary/aromatic N) is 1. The Bertz CT molecular complexity index is 879. The van der Waals surface area contributed by atoms with Gasteiger partial charge in [-0.3, -0.25) is 4.79 Å². The summed E-state index contributed by atoms with van der Waals surface area (Å²) in [7, 11) is 0. The Balaban J connectivity index is 1.78. The molecule has 3 atom stereocenters. The summed E-state index contributed by atoms with van der Waals surface area (Å²) in [6, 6.07) is 15.2. The van der Waals surface area contributed by atoms with Crippen LogP contribution in [0.15, 0.2) is 61.2 Å². The van der Waals surface area contributed by atoms with E-state index in [9.17, 15) is 4.79 Å². The molecule has 1 aliphatic carbocycles. The summed E-state index contributed by atoms with van der Waals surface area (Å²) in [5.41, 5.74) is 1.99. The molecule has 1 amide bonds. The minimum absolute atomic E-state index is 0.0371. The molecule has 0 N–H and O–H groups in total. The quantitative estimate of drug-likeness (QED) is 0.498. The van der Waals surface area contributed by atoms with Crippen LogP contribution in [0.25, 0.3) is 0 Å². The van der Waals surface area contributed by atoms with Gasteiger partial charge in [-0.2, -0.15) is 0 Å². The minimum Gasteiger partial charge on any atom is -0.358 e. The van der Waals surface area contributed by atoms with Crippen LogP contribution < -0.4 is 0 Å². The highest BCUT2D eigenvalue weighted by Gasteiger charge is 2.44. The fourth-order valence-electron chi connectivity index (χ4n) is 4.22. The lowest BCUT2D eigenvalue weighted by Crippen LogP contribution is -2.52. The molecule has 2 aliphatic rings. The number of ether oxygens (including phenoxy) is 1. The Morgan fingerprint density at radius 1 is 1.07 bits per heavy atom. The smallest absolute Gasteiger partial charge is 0.252 e. The van der Waals surface area contributed by atoms with Crippen LogP contribution in [0.2, 0.25) is 10.0 Å². The molecule has 2 aromatic carbocycles. The molecule has 0 radical (unpaired) electrons. The van der Waals surface area contributed by atoms with E-state index in [1.165, 1.54) is 19.3 Å². The van der Waals surface area contributed by atoms with Crippen molar-refractivity contribution in [3.63, 3.8) is 0 Å². The molecular weight excluding hydrogens is 405 g/mol. The summed E-state index contributed by atoms with van der Waals surface area (Å²) in [5.74, 6) is 0.589. The number of morpholine rings is 1. The van der Waals surface area contributed by atoms with Crippen molar-refractivity contribution in [2.75, 3.05) is 6.54 Å². The lowest BCUT2D eigenvalue weighted by Gasteiger charge is -2.47. The molecule has 3 nitrogen and oxygen atoms in total. The summed E-state index contributed by atoms with van der Waals surface area (Å²) in [6.45, 7) is 4.57. The zero-order valence-corrected chi connectivity index (χ0v) is 17.8. The van der Waals surface area contributed by atoms with E-state index in [2.05, 4.69) is 6.58 Å². The second-order valence-electron chi connectivity index (χ2n) is 7.91. The van der Waals surface area contributed by atoms with Crippen molar-refractivity contribution in [1.29, 1.82) is 0 Å². The minimum atomic E-state index is -0.528. The Kier molecular flexibility index (Phi) is 6.29. The van der Waals surface area contributed by atoms with Crippen molar-refractivity contribution in [3.05, 3.63) is 82.4 Å². The number of hydrogen-bond acceptors (Lipinski definition) is 2. The lowest BCUT2D eigenvalue weighted by molar-refractivity contribution is -0.175. The molecule has 1 unspecified atom stereocenters. The van der Waals surface area contributed by atoms with Crippen LogP contribution in [-0.4, -0.2) is 23.5 Å². The second-order valence-corrected chi connectivity index (χ2v) is 8.78. The molecule has 1 heterocycles. The van der Waals surface area contributed by atoms with Gasteiger partial charge in [0.2, 0.25) is 0 Å². The van der Waals surface area contributed by atoms with Crippen LogP contribution in [0.1, 0.15) is 49.0 Å². The van der Waals surface area contributed by atoms with Crippen LogP contribution in [0.3, 0.4) is 0 Å². The first-order valence-corrected chi connectivity index (χ1v) is 10.9. The fraction of sp³-hybridized carbons (Fsp3) is 0.375. The number of hydrogen-bond donors (Lipinski definition) is 0. The number of amides is 1. The van der Waals surface area contributed by atoms with Gasteiger partial charge < -0.3 is 9.64 Å². The average molecular weight is 430 g/mol. The van der Waals surface area contributed by atoms with Crippen molar-refractivity contribution in [2.24, 2.45) is 5.92 Å². The molecule has 0 aromatic heterocycles. The largest absolute Gasteiger partial charge is 0.358 e. The molecule has 152 valence electrons. The topological polar surface area (TPSA) is 29.5 Å². The standard InChI is InChI=1S/C24H25Cl2NO2/c1-2-5-21-24(28)27(15-16-6-3-7-16)22(17-10-12-19(25)13-11-17)23(29-21)18-8-4-9-20(26)14-18/h2,4,8-14,16,21-23H,1,3,5-7,15H2/t21-,22?,23-/m1/s1. The van der Waals surface area contributed by atoms with Crippen LogP contribution >= 0.6 is 23.2 Å². The monoisotopic (exact) mass is 429 g/mol. The highest BCUT2D eigenvalue weighted by Crippen LogP contribution is 2.44. The van der Waals surface area contributed by atoms with Crippen molar-refractivity contribution in [3.8, 4) is 0 Å². The maximum absolute atomic E-state index is 13.4. The van der Waals surface area contributed by atoms with E-state index in [0.717, 1.165) is 17.7 Å². The normalized spacial score (nSPS) is 25.0. The number of halogens is 2. The van der Waals surface area contributed by atoms with Gasteiger partial charge in [0.05, 0.1) is 6.04 Å². The van der Waals surface area contributed by atoms with Gasteiger partial charge in [-0.15, -0.1) is 6.58 Å². The van der Waals surface area contributed by atoms with E-state index in [4.69, 9.17) is 27.9 Å². The van der Waals surface area contributed by atoms with Crippen LogP contribution in [0.4, 0.5) is 0 Å². The van der Waals surface area contributed by atoms with Gasteiger partial charge >= 0.3 is 0 Å². The Morgan fingerprint density at radius 3 is 2.45 bits per heavy atom. The van der Waals surface area contributed by atoms with Gasteiger partial charge in [0.1, 0.15) is 12.2 Å². The molecule has 1 aliphatic heterocycles. The van der Waals surface area contributed by atoms with Crippen LogP contribution in [0, 0.1) is 5.92 Å². The zero-order valence-electron chi connectivity index (χ0n) is 16.3. The van der Waals surface area contributed by atoms with E-state index >= 15 is 0 Å². The van der Waals surface area contributed by atoms with Gasteiger partial charge in [-0.1, -0.05) is 60.0 Å². The molecule has 29 heavy (non-hydrogen) atoms. The Labute approximate surface area is 182 Å². The van der Waals surface area contributed by atoms with E-state index in [0.29, 0.717) is 22.4 Å². The summed E-state index contributed by atoms with van der Waals surface area (Å²) in [4.78, 5) is 15.4. The van der Waals surface area contributed by atoms with Gasteiger partial charge in [-0.05, 0) is 54.2 Å². The van der Waals surface area contributed by atoms with E-state index in [1.807, 2.05) is 53.4 Å². The third kappa shape index (κ3) is 4.37. The molecule has 1 saturated heterocycles. The highest BCUT2D eigenvalue weighted by molar-refractivity contribution is 6.30. The molecule has 0 bridgehead atoms. The fourth-order valence-corrected chi connectivity index (χ4v) is 4.54. The molecule has 2 fully saturated rings. The molecule has 2 aromatic rings. The Hall–Kier alpha value is -1.81. The van der Waals surface area contributed by atoms with Crippen LogP contribution in [-0.2, 0) is 9.53 Å². The summed E-state index contributed by atoms with van der Waals surface area (Å²) in [5, 5.41) is 1.33. The summed E-state index contributed by atoms with van der Waals surface area (Å²) >= 11 is 12.4. The molecule has 4 rings (SSSR count). The van der Waals surface area contributed by atoms with Gasteiger partial charge in [0, 0.05) is 23.0 Å². The number of carbonyl (C=O) groups excluding carboxylic acids is 1. The lowest BCUT2D eigenvalue weighted by atomic mass is 9.83. The van der Waals surface area contributed by atoms with E-state index in [-0.39, 0.29) is 18.1 Å². The first-order valence-electron chi connectivity index (χ1n) is 10.1. The molecular formula is C24H25Cl2NO2. The van der Waals surface area contributed by atoms with Crippen molar-refractivity contribution in [2.45, 2.75) is 43.9 Å². The highest BCUT2D eigenvalue weighted by atomic mass is 35.5. The van der Waals surface area contributed by atoms with Crippen molar-refractivity contribution >= 4 is 29.1 Å². The Morgan fingerprint density at radius 2 is 1.83 bits per heavy atom. The van der Waals surface area contributed by atoms with Gasteiger partial charge in [0.25, 0.3) is 5.91 Å². The van der Waals surface area contributed by atoms with Gasteiger partial charge in [-0.25, -0.2) is 0 Å². The predicted molar refractivity (Wildman–Crippen MR) is 117 cm³/mol. The SMILES string of the molecule is C=CC[C@H]1O[C@H](c2cccc(Cl)c2)C(c2ccc(Cl)cc2)N(CC2CCC2)C1=O. The third-order valence-corrected chi connectivity index (χ3v) is 6.43. The molecule has 1 saturated carbocycles. The molecule has 5 heteroatoms. The first kappa shape index (κ1) is 20.5.